The third kappa shape index (κ3) is 9.96. The number of rotatable bonds is 10. The number of hydrogen-bond acceptors (Lipinski definition) is 5. The van der Waals surface area contributed by atoms with Crippen LogP contribution in [0.3, 0.4) is 0 Å². The molecular weight excluding hydrogens is 372 g/mol. The molecule has 0 radical (unpaired) electrons. The number of alkyl carbamates (subject to hydrolysis) is 1. The molecule has 162 valence electrons. The van der Waals surface area contributed by atoms with E-state index in [-0.39, 0.29) is 12.5 Å². The lowest BCUT2D eigenvalue weighted by Gasteiger charge is -2.28. The molecule has 1 aromatic rings. The second kappa shape index (κ2) is 12.1. The van der Waals surface area contributed by atoms with Crippen LogP contribution in [0.2, 0.25) is 0 Å². The van der Waals surface area contributed by atoms with Crippen LogP contribution in [0.15, 0.2) is 30.3 Å². The van der Waals surface area contributed by atoms with Gasteiger partial charge in [0.15, 0.2) is 0 Å². The van der Waals surface area contributed by atoms with Gasteiger partial charge in [0.1, 0.15) is 18.2 Å². The fourth-order valence-corrected chi connectivity index (χ4v) is 2.73. The molecule has 29 heavy (non-hydrogen) atoms. The second-order valence-corrected chi connectivity index (χ2v) is 7.91. The molecule has 7 heteroatoms. The van der Waals surface area contributed by atoms with Crippen LogP contribution in [-0.2, 0) is 25.5 Å². The van der Waals surface area contributed by atoms with Crippen molar-refractivity contribution >= 4 is 18.0 Å². The zero-order valence-electron chi connectivity index (χ0n) is 18.2. The van der Waals surface area contributed by atoms with Gasteiger partial charge in [-0.05, 0) is 39.2 Å². The summed E-state index contributed by atoms with van der Waals surface area (Å²) in [6.45, 7) is 7.48. The van der Waals surface area contributed by atoms with E-state index in [1.165, 1.54) is 12.0 Å². The molecule has 1 N–H and O–H groups in total. The van der Waals surface area contributed by atoms with Crippen LogP contribution < -0.4 is 5.32 Å². The Morgan fingerprint density at radius 3 is 2.34 bits per heavy atom. The summed E-state index contributed by atoms with van der Waals surface area (Å²) in [5.41, 5.74) is 0.391. The standard InChI is InChI=1S/C22H34N2O5/c1-6-7-13-18(23-21(27)29-22(2,3)4)20(26)24(16-19(25)28-5)15-14-17-11-9-8-10-12-17/h8-12,18H,6-7,13-16H2,1-5H3,(H,23,27)/t18-/m0/s1. The van der Waals surface area contributed by atoms with Gasteiger partial charge in [-0.3, -0.25) is 9.59 Å². The summed E-state index contributed by atoms with van der Waals surface area (Å²) in [5, 5.41) is 2.67. The fourth-order valence-electron chi connectivity index (χ4n) is 2.73. The normalized spacial score (nSPS) is 12.0. The van der Waals surface area contributed by atoms with Crippen molar-refractivity contribution in [3.05, 3.63) is 35.9 Å². The van der Waals surface area contributed by atoms with Gasteiger partial charge < -0.3 is 19.7 Å². The third-order valence-corrected chi connectivity index (χ3v) is 4.21. The average Bonchev–Trinajstić information content (AvgIpc) is 2.66. The number of nitrogens with one attached hydrogen (secondary N) is 1. The minimum atomic E-state index is -0.759. The summed E-state index contributed by atoms with van der Waals surface area (Å²) >= 11 is 0. The molecule has 0 aliphatic rings. The van der Waals surface area contributed by atoms with Crippen molar-refractivity contribution in [2.24, 2.45) is 0 Å². The van der Waals surface area contributed by atoms with Crippen LogP contribution in [-0.4, -0.2) is 54.7 Å². The van der Waals surface area contributed by atoms with Gasteiger partial charge in [0.2, 0.25) is 5.91 Å². The molecule has 1 rings (SSSR count). The highest BCUT2D eigenvalue weighted by Gasteiger charge is 2.29. The lowest BCUT2D eigenvalue weighted by molar-refractivity contribution is -0.147. The highest BCUT2D eigenvalue weighted by Crippen LogP contribution is 2.11. The maximum absolute atomic E-state index is 13.2. The lowest BCUT2D eigenvalue weighted by atomic mass is 10.1. The molecule has 7 nitrogen and oxygen atoms in total. The van der Waals surface area contributed by atoms with Crippen LogP contribution in [0.4, 0.5) is 4.79 Å². The average molecular weight is 407 g/mol. The summed E-state index contributed by atoms with van der Waals surface area (Å²) < 4.78 is 10.0. The smallest absolute Gasteiger partial charge is 0.408 e. The van der Waals surface area contributed by atoms with E-state index in [9.17, 15) is 14.4 Å². The van der Waals surface area contributed by atoms with Crippen LogP contribution >= 0.6 is 0 Å². The van der Waals surface area contributed by atoms with E-state index in [0.717, 1.165) is 18.4 Å². The monoisotopic (exact) mass is 406 g/mol. The summed E-state index contributed by atoms with van der Waals surface area (Å²) in [6.07, 6.45) is 2.05. The van der Waals surface area contributed by atoms with Crippen molar-refractivity contribution in [2.75, 3.05) is 20.2 Å². The molecule has 0 unspecified atom stereocenters. The van der Waals surface area contributed by atoms with E-state index < -0.39 is 23.7 Å². The summed E-state index contributed by atoms with van der Waals surface area (Å²) in [6, 6.07) is 8.95. The van der Waals surface area contributed by atoms with E-state index in [2.05, 4.69) is 5.32 Å². The molecule has 1 aromatic carbocycles. The van der Waals surface area contributed by atoms with Gasteiger partial charge >= 0.3 is 12.1 Å². The van der Waals surface area contributed by atoms with Crippen LogP contribution in [0.25, 0.3) is 0 Å². The Morgan fingerprint density at radius 1 is 1.14 bits per heavy atom. The van der Waals surface area contributed by atoms with Crippen molar-refractivity contribution < 1.29 is 23.9 Å². The van der Waals surface area contributed by atoms with Crippen LogP contribution in [0, 0.1) is 0 Å². The van der Waals surface area contributed by atoms with Crippen molar-refractivity contribution in [3.63, 3.8) is 0 Å². The largest absolute Gasteiger partial charge is 0.468 e. The molecule has 0 aliphatic carbocycles. The van der Waals surface area contributed by atoms with Crippen molar-refractivity contribution in [2.45, 2.75) is 65.0 Å². The van der Waals surface area contributed by atoms with Crippen molar-refractivity contribution in [1.29, 1.82) is 0 Å². The summed E-state index contributed by atoms with van der Waals surface area (Å²) in [7, 11) is 1.29. The molecule has 0 heterocycles. The van der Waals surface area contributed by atoms with Crippen LogP contribution in [0.1, 0.15) is 52.5 Å². The summed E-state index contributed by atoms with van der Waals surface area (Å²) in [4.78, 5) is 38.7. The minimum absolute atomic E-state index is 0.166. The SMILES string of the molecule is CCCC[C@H](NC(=O)OC(C)(C)C)C(=O)N(CCc1ccccc1)CC(=O)OC. The maximum atomic E-state index is 13.2. The van der Waals surface area contributed by atoms with Crippen molar-refractivity contribution in [1.82, 2.24) is 10.2 Å². The van der Waals surface area contributed by atoms with E-state index in [1.54, 1.807) is 20.8 Å². The highest BCUT2D eigenvalue weighted by molar-refractivity contribution is 5.88. The molecule has 0 saturated heterocycles. The number of unbranched alkanes of at least 4 members (excludes halogenated alkanes) is 1. The van der Waals surface area contributed by atoms with E-state index in [0.29, 0.717) is 19.4 Å². The maximum Gasteiger partial charge on any atom is 0.408 e. The van der Waals surface area contributed by atoms with Gasteiger partial charge in [-0.1, -0.05) is 50.1 Å². The first-order valence-corrected chi connectivity index (χ1v) is 10.0. The number of benzene rings is 1. The first-order chi connectivity index (χ1) is 13.7. The Hall–Kier alpha value is -2.57. The minimum Gasteiger partial charge on any atom is -0.468 e. The zero-order chi connectivity index (χ0) is 21.9. The lowest BCUT2D eigenvalue weighted by Crippen LogP contribution is -2.51. The van der Waals surface area contributed by atoms with Gasteiger partial charge in [-0.25, -0.2) is 4.79 Å². The van der Waals surface area contributed by atoms with Gasteiger partial charge in [-0.15, -0.1) is 0 Å². The third-order valence-electron chi connectivity index (χ3n) is 4.21. The highest BCUT2D eigenvalue weighted by atomic mass is 16.6. The van der Waals surface area contributed by atoms with Gasteiger partial charge in [-0.2, -0.15) is 0 Å². The number of carbonyl (C=O) groups is 3. The number of ether oxygens (including phenoxy) is 2. The molecular formula is C22H34N2O5. The number of carbonyl (C=O) groups excluding carboxylic acids is 3. The van der Waals surface area contributed by atoms with Gasteiger partial charge in [0.25, 0.3) is 0 Å². The molecule has 0 fully saturated rings. The fraction of sp³-hybridized carbons (Fsp3) is 0.591. The number of methoxy groups -OCH3 is 1. The zero-order valence-corrected chi connectivity index (χ0v) is 18.2. The Morgan fingerprint density at radius 2 is 1.79 bits per heavy atom. The first-order valence-electron chi connectivity index (χ1n) is 10.0. The Bertz CT molecular complexity index is 655. The predicted octanol–water partition coefficient (Wildman–Crippen LogP) is 3.31. The van der Waals surface area contributed by atoms with Gasteiger partial charge in [0.05, 0.1) is 7.11 Å². The number of nitrogens with zero attached hydrogens (tertiary/aromatic N) is 1. The predicted molar refractivity (Wildman–Crippen MR) is 111 cm³/mol. The number of hydrogen-bond donors (Lipinski definition) is 1. The van der Waals surface area contributed by atoms with E-state index in [1.807, 2.05) is 37.3 Å². The van der Waals surface area contributed by atoms with Gasteiger partial charge in [0, 0.05) is 6.54 Å². The Balaban J connectivity index is 2.91. The summed E-state index contributed by atoms with van der Waals surface area (Å²) in [5.74, 6) is -0.816. The van der Waals surface area contributed by atoms with E-state index >= 15 is 0 Å². The molecule has 0 spiro atoms. The molecule has 2 amide bonds. The quantitative estimate of drug-likeness (QED) is 0.603. The molecule has 0 aromatic heterocycles. The number of amides is 2. The number of esters is 1. The van der Waals surface area contributed by atoms with E-state index in [4.69, 9.17) is 9.47 Å². The Kier molecular flexibility index (Phi) is 10.2. The molecule has 0 bridgehead atoms. The topological polar surface area (TPSA) is 84.9 Å². The molecule has 1 atom stereocenters. The molecule has 0 saturated carbocycles. The van der Waals surface area contributed by atoms with Crippen LogP contribution in [0.5, 0.6) is 0 Å². The van der Waals surface area contributed by atoms with Crippen molar-refractivity contribution in [3.8, 4) is 0 Å². The molecule has 0 aliphatic heterocycles. The Labute approximate surface area is 173 Å². The second-order valence-electron chi connectivity index (χ2n) is 7.91. The first kappa shape index (κ1) is 24.5.